The molecule has 1 aliphatic heterocycles. The summed E-state index contributed by atoms with van der Waals surface area (Å²) in [5.74, 6) is 0.786. The Labute approximate surface area is 159 Å². The van der Waals surface area contributed by atoms with Crippen LogP contribution in [-0.2, 0) is 23.1 Å². The van der Waals surface area contributed by atoms with Crippen molar-refractivity contribution in [3.8, 4) is 0 Å². The number of nitrogens with zero attached hydrogens (tertiary/aromatic N) is 5. The van der Waals surface area contributed by atoms with Gasteiger partial charge in [-0.15, -0.1) is 0 Å². The van der Waals surface area contributed by atoms with E-state index in [2.05, 4.69) is 21.1 Å². The summed E-state index contributed by atoms with van der Waals surface area (Å²) in [6.07, 6.45) is 11.2. The minimum absolute atomic E-state index is 0.0480. The normalized spacial score (nSPS) is 25.7. The summed E-state index contributed by atoms with van der Waals surface area (Å²) >= 11 is 0. The van der Waals surface area contributed by atoms with E-state index in [1.807, 2.05) is 24.9 Å². The van der Waals surface area contributed by atoms with E-state index in [0.717, 1.165) is 49.9 Å². The third-order valence-corrected chi connectivity index (χ3v) is 5.88. The third kappa shape index (κ3) is 3.88. The van der Waals surface area contributed by atoms with Gasteiger partial charge in [0.05, 0.1) is 24.2 Å². The van der Waals surface area contributed by atoms with Gasteiger partial charge < -0.3 is 0 Å². The fraction of sp³-hybridized carbons (Fsp3) is 0.600. The highest BCUT2D eigenvalue weighted by atomic mass is 16.7. The lowest BCUT2D eigenvalue weighted by molar-refractivity contribution is -0.183. The van der Waals surface area contributed by atoms with Gasteiger partial charge in [-0.3, -0.25) is 24.3 Å². The molecule has 3 heterocycles. The van der Waals surface area contributed by atoms with Gasteiger partial charge in [-0.25, -0.2) is 5.06 Å². The number of rotatable bonds is 4. The second-order valence-corrected chi connectivity index (χ2v) is 7.75. The van der Waals surface area contributed by atoms with Crippen molar-refractivity contribution in [2.24, 2.45) is 18.9 Å². The van der Waals surface area contributed by atoms with E-state index in [0.29, 0.717) is 12.5 Å². The SMILES string of the molecule is Cc1cnc([C@@H]2CCON2C(=O)C2CCC(Cc3ccnn3C)CC2)cn1. The maximum Gasteiger partial charge on any atom is 0.249 e. The van der Waals surface area contributed by atoms with Crippen molar-refractivity contribution in [3.05, 3.63) is 41.7 Å². The van der Waals surface area contributed by atoms with Crippen LogP contribution in [0.25, 0.3) is 0 Å². The van der Waals surface area contributed by atoms with Gasteiger partial charge in [-0.1, -0.05) is 0 Å². The topological polar surface area (TPSA) is 73.1 Å². The lowest BCUT2D eigenvalue weighted by atomic mass is 9.79. The molecule has 0 radical (unpaired) electrons. The molecule has 4 rings (SSSR count). The van der Waals surface area contributed by atoms with Crippen molar-refractivity contribution in [1.82, 2.24) is 24.8 Å². The zero-order valence-corrected chi connectivity index (χ0v) is 16.0. The number of hydrogen-bond acceptors (Lipinski definition) is 5. The molecule has 0 spiro atoms. The van der Waals surface area contributed by atoms with E-state index in [1.165, 1.54) is 5.69 Å². The smallest absolute Gasteiger partial charge is 0.249 e. The highest BCUT2D eigenvalue weighted by Gasteiger charge is 2.38. The number of carbonyl (C=O) groups excluding carboxylic acids is 1. The number of aromatic nitrogens is 4. The molecule has 0 N–H and O–H groups in total. The molecule has 2 aromatic heterocycles. The Bertz CT molecular complexity index is 780. The summed E-state index contributed by atoms with van der Waals surface area (Å²) in [6, 6.07) is 1.97. The molecule has 2 aromatic rings. The standard InChI is InChI=1S/C20H27N5O2/c1-14-12-22-18(13-21-14)19-8-10-27-25(19)20(26)16-5-3-15(4-6-16)11-17-7-9-23-24(17)2/h7,9,12-13,15-16,19H,3-6,8,10-11H2,1-2H3/t15?,16?,19-/m0/s1. The molecule has 0 bridgehead atoms. The van der Waals surface area contributed by atoms with Crippen molar-refractivity contribution in [2.75, 3.05) is 6.61 Å². The average molecular weight is 369 g/mol. The first-order chi connectivity index (χ1) is 13.1. The van der Waals surface area contributed by atoms with Crippen LogP contribution in [0, 0.1) is 18.8 Å². The fourth-order valence-electron chi connectivity index (χ4n) is 4.22. The predicted molar refractivity (Wildman–Crippen MR) is 99.3 cm³/mol. The highest BCUT2D eigenvalue weighted by Crippen LogP contribution is 2.36. The van der Waals surface area contributed by atoms with Crippen molar-refractivity contribution in [1.29, 1.82) is 0 Å². The van der Waals surface area contributed by atoms with Crippen LogP contribution in [0.4, 0.5) is 0 Å². The predicted octanol–water partition coefficient (Wildman–Crippen LogP) is 2.77. The lowest BCUT2D eigenvalue weighted by Crippen LogP contribution is -2.37. The summed E-state index contributed by atoms with van der Waals surface area (Å²) in [7, 11) is 1.99. The van der Waals surface area contributed by atoms with E-state index in [4.69, 9.17) is 4.84 Å². The van der Waals surface area contributed by atoms with Gasteiger partial charge in [0.2, 0.25) is 5.91 Å². The third-order valence-electron chi connectivity index (χ3n) is 5.88. The summed E-state index contributed by atoms with van der Waals surface area (Å²) in [6.45, 7) is 2.47. The fourth-order valence-corrected chi connectivity index (χ4v) is 4.22. The molecule has 1 saturated heterocycles. The van der Waals surface area contributed by atoms with E-state index in [9.17, 15) is 4.79 Å². The van der Waals surface area contributed by atoms with E-state index in [1.54, 1.807) is 17.5 Å². The van der Waals surface area contributed by atoms with Gasteiger partial charge >= 0.3 is 0 Å². The molecule has 2 aliphatic rings. The second kappa shape index (κ2) is 7.76. The van der Waals surface area contributed by atoms with Crippen LogP contribution in [0.3, 0.4) is 0 Å². The first-order valence-electron chi connectivity index (χ1n) is 9.83. The van der Waals surface area contributed by atoms with Crippen molar-refractivity contribution in [3.63, 3.8) is 0 Å². The first-order valence-corrected chi connectivity index (χ1v) is 9.83. The van der Waals surface area contributed by atoms with Gasteiger partial charge in [-0.05, 0) is 51.0 Å². The molecule has 1 amide bonds. The van der Waals surface area contributed by atoms with E-state index in [-0.39, 0.29) is 17.9 Å². The minimum atomic E-state index is -0.113. The minimum Gasteiger partial charge on any atom is -0.273 e. The average Bonchev–Trinajstić information content (AvgIpc) is 3.32. The number of hydrogen-bond donors (Lipinski definition) is 0. The number of hydroxylamine groups is 2. The van der Waals surface area contributed by atoms with E-state index < -0.39 is 0 Å². The Kier molecular flexibility index (Phi) is 5.20. The van der Waals surface area contributed by atoms with Crippen molar-refractivity contribution < 1.29 is 9.63 Å². The first kappa shape index (κ1) is 18.1. The van der Waals surface area contributed by atoms with Gasteiger partial charge in [0, 0.05) is 37.5 Å². The number of amides is 1. The van der Waals surface area contributed by atoms with Gasteiger partial charge in [0.15, 0.2) is 0 Å². The van der Waals surface area contributed by atoms with Crippen LogP contribution in [0.2, 0.25) is 0 Å². The largest absolute Gasteiger partial charge is 0.273 e. The van der Waals surface area contributed by atoms with Gasteiger partial charge in [-0.2, -0.15) is 5.10 Å². The molecule has 27 heavy (non-hydrogen) atoms. The molecule has 7 nitrogen and oxygen atoms in total. The summed E-state index contributed by atoms with van der Waals surface area (Å²) in [5.41, 5.74) is 2.96. The molecule has 144 valence electrons. The van der Waals surface area contributed by atoms with Crippen LogP contribution in [-0.4, -0.2) is 37.3 Å². The zero-order valence-electron chi connectivity index (χ0n) is 16.0. The van der Waals surface area contributed by atoms with Crippen LogP contribution in [0.5, 0.6) is 0 Å². The Morgan fingerprint density at radius 1 is 1.19 bits per heavy atom. The van der Waals surface area contributed by atoms with Crippen LogP contribution in [0.15, 0.2) is 24.7 Å². The van der Waals surface area contributed by atoms with Gasteiger partial charge in [0.1, 0.15) is 6.04 Å². The molecule has 7 heteroatoms. The Hall–Kier alpha value is -2.28. The molecule has 1 atom stereocenters. The Morgan fingerprint density at radius 2 is 2.00 bits per heavy atom. The number of carbonyl (C=O) groups is 1. The molecule has 0 unspecified atom stereocenters. The second-order valence-electron chi connectivity index (χ2n) is 7.75. The van der Waals surface area contributed by atoms with Gasteiger partial charge in [0.25, 0.3) is 0 Å². The molecule has 1 aliphatic carbocycles. The molecule has 2 fully saturated rings. The lowest BCUT2D eigenvalue weighted by Gasteiger charge is -2.31. The number of aryl methyl sites for hydroxylation is 2. The summed E-state index contributed by atoms with van der Waals surface area (Å²) in [5, 5.41) is 5.82. The van der Waals surface area contributed by atoms with Crippen molar-refractivity contribution in [2.45, 2.75) is 51.5 Å². The molecule has 1 saturated carbocycles. The van der Waals surface area contributed by atoms with Crippen LogP contribution >= 0.6 is 0 Å². The molecular weight excluding hydrogens is 342 g/mol. The van der Waals surface area contributed by atoms with E-state index >= 15 is 0 Å². The summed E-state index contributed by atoms with van der Waals surface area (Å²) < 4.78 is 1.95. The Morgan fingerprint density at radius 3 is 2.67 bits per heavy atom. The quantitative estimate of drug-likeness (QED) is 0.829. The zero-order chi connectivity index (χ0) is 18.8. The van der Waals surface area contributed by atoms with Crippen LogP contribution < -0.4 is 0 Å². The summed E-state index contributed by atoms with van der Waals surface area (Å²) in [4.78, 5) is 27.5. The molecular formula is C20H27N5O2. The van der Waals surface area contributed by atoms with Crippen LogP contribution in [0.1, 0.15) is 55.2 Å². The monoisotopic (exact) mass is 369 g/mol. The highest BCUT2D eigenvalue weighted by molar-refractivity contribution is 5.78. The maximum atomic E-state index is 13.1. The molecule has 0 aromatic carbocycles. The van der Waals surface area contributed by atoms with Crippen molar-refractivity contribution >= 4 is 5.91 Å². The Balaban J connectivity index is 1.36. The maximum absolute atomic E-state index is 13.1.